The molecule has 0 fully saturated rings. The van der Waals surface area contributed by atoms with E-state index >= 15 is 0 Å². The van der Waals surface area contributed by atoms with Crippen LogP contribution in [0.25, 0.3) is 11.0 Å². The van der Waals surface area contributed by atoms with E-state index < -0.39 is 0 Å². The van der Waals surface area contributed by atoms with E-state index in [1.54, 1.807) is 12.3 Å². The van der Waals surface area contributed by atoms with Crippen molar-refractivity contribution < 1.29 is 4.42 Å². The summed E-state index contributed by atoms with van der Waals surface area (Å²) in [4.78, 5) is 0. The molecule has 0 saturated heterocycles. The second-order valence-electron chi connectivity index (χ2n) is 4.82. The van der Waals surface area contributed by atoms with Crippen molar-refractivity contribution in [1.29, 1.82) is 0 Å². The fraction of sp³-hybridized carbons (Fsp3) is 0.125. The number of nitrogens with one attached hydrogen (secondary N) is 1. The topological polar surface area (TPSA) is 51.2 Å². The van der Waals surface area contributed by atoms with E-state index in [2.05, 4.69) is 5.43 Å². The second kappa shape index (κ2) is 6.08. The number of hydrogen-bond acceptors (Lipinski definition) is 3. The molecule has 0 spiro atoms. The first kappa shape index (κ1) is 14.4. The van der Waals surface area contributed by atoms with Crippen LogP contribution in [-0.4, -0.2) is 0 Å². The van der Waals surface area contributed by atoms with Crippen LogP contribution in [0.2, 0.25) is 10.0 Å². The number of furan rings is 1. The molecule has 1 aromatic heterocycles. The number of para-hydroxylation sites is 1. The fourth-order valence-electron chi connectivity index (χ4n) is 2.45. The number of halogens is 2. The third-order valence-electron chi connectivity index (χ3n) is 3.54. The maximum absolute atomic E-state index is 6.25. The Morgan fingerprint density at radius 1 is 1.10 bits per heavy atom. The predicted molar refractivity (Wildman–Crippen MR) is 86.4 cm³/mol. The molecule has 0 radical (unpaired) electrons. The van der Waals surface area contributed by atoms with Crippen LogP contribution >= 0.6 is 23.2 Å². The summed E-state index contributed by atoms with van der Waals surface area (Å²) in [5.41, 5.74) is 5.61. The Morgan fingerprint density at radius 3 is 2.71 bits per heavy atom. The SMILES string of the molecule is NNC(Cc1cccc(Cl)c1Cl)c1coc2ccccc12. The van der Waals surface area contributed by atoms with Crippen LogP contribution in [-0.2, 0) is 6.42 Å². The maximum Gasteiger partial charge on any atom is 0.134 e. The fourth-order valence-corrected chi connectivity index (χ4v) is 2.85. The van der Waals surface area contributed by atoms with Gasteiger partial charge >= 0.3 is 0 Å². The van der Waals surface area contributed by atoms with E-state index in [1.165, 1.54) is 0 Å². The molecule has 1 unspecified atom stereocenters. The van der Waals surface area contributed by atoms with E-state index in [-0.39, 0.29) is 6.04 Å². The molecule has 2 aromatic carbocycles. The van der Waals surface area contributed by atoms with Gasteiger partial charge in [-0.05, 0) is 24.1 Å². The molecule has 0 aliphatic rings. The predicted octanol–water partition coefficient (Wildman–Crippen LogP) is 4.49. The van der Waals surface area contributed by atoms with E-state index in [0.717, 1.165) is 22.1 Å². The van der Waals surface area contributed by atoms with Crippen molar-refractivity contribution in [3.8, 4) is 0 Å². The molecule has 3 nitrogen and oxygen atoms in total. The Labute approximate surface area is 132 Å². The molecule has 1 heterocycles. The molecule has 0 amide bonds. The molecular formula is C16H14Cl2N2O. The lowest BCUT2D eigenvalue weighted by atomic mass is 9.99. The summed E-state index contributed by atoms with van der Waals surface area (Å²) in [5.74, 6) is 5.72. The summed E-state index contributed by atoms with van der Waals surface area (Å²) in [6.45, 7) is 0. The van der Waals surface area contributed by atoms with Crippen LogP contribution in [0, 0.1) is 0 Å². The molecule has 3 N–H and O–H groups in total. The highest BCUT2D eigenvalue weighted by Crippen LogP contribution is 2.32. The van der Waals surface area contributed by atoms with Crippen LogP contribution < -0.4 is 11.3 Å². The van der Waals surface area contributed by atoms with Gasteiger partial charge in [0, 0.05) is 10.9 Å². The molecule has 0 aliphatic heterocycles. The van der Waals surface area contributed by atoms with E-state index in [4.69, 9.17) is 33.5 Å². The van der Waals surface area contributed by atoms with Gasteiger partial charge in [0.05, 0.1) is 22.4 Å². The Bertz CT molecular complexity index is 770. The van der Waals surface area contributed by atoms with Gasteiger partial charge in [0.2, 0.25) is 0 Å². The molecule has 21 heavy (non-hydrogen) atoms. The van der Waals surface area contributed by atoms with E-state index in [0.29, 0.717) is 16.5 Å². The van der Waals surface area contributed by atoms with Gasteiger partial charge in [-0.25, -0.2) is 0 Å². The highest BCUT2D eigenvalue weighted by atomic mass is 35.5. The summed E-state index contributed by atoms with van der Waals surface area (Å²) >= 11 is 12.3. The Balaban J connectivity index is 1.97. The standard InChI is InChI=1S/C16H14Cl2N2O/c17-13-6-3-4-10(16(13)18)8-14(20-19)12-9-21-15-7-2-1-5-11(12)15/h1-7,9,14,20H,8,19H2. The highest BCUT2D eigenvalue weighted by Gasteiger charge is 2.18. The number of fused-ring (bicyclic) bond motifs is 1. The summed E-state index contributed by atoms with van der Waals surface area (Å²) in [5, 5.41) is 2.15. The molecule has 0 bridgehead atoms. The molecule has 3 rings (SSSR count). The van der Waals surface area contributed by atoms with Gasteiger partial charge in [0.15, 0.2) is 0 Å². The van der Waals surface area contributed by atoms with Crippen LogP contribution in [0.1, 0.15) is 17.2 Å². The third-order valence-corrected chi connectivity index (χ3v) is 4.40. The largest absolute Gasteiger partial charge is 0.464 e. The Morgan fingerprint density at radius 2 is 1.90 bits per heavy atom. The Hall–Kier alpha value is -1.52. The smallest absolute Gasteiger partial charge is 0.134 e. The quantitative estimate of drug-likeness (QED) is 0.550. The molecule has 0 aliphatic carbocycles. The van der Waals surface area contributed by atoms with Gasteiger partial charge < -0.3 is 4.42 Å². The zero-order valence-electron chi connectivity index (χ0n) is 11.1. The first-order chi connectivity index (χ1) is 10.2. The lowest BCUT2D eigenvalue weighted by molar-refractivity contribution is 0.537. The number of benzene rings is 2. The summed E-state index contributed by atoms with van der Waals surface area (Å²) in [6, 6.07) is 13.3. The lowest BCUT2D eigenvalue weighted by Crippen LogP contribution is -2.29. The van der Waals surface area contributed by atoms with Crippen LogP contribution in [0.4, 0.5) is 0 Å². The van der Waals surface area contributed by atoms with Crippen molar-refractivity contribution in [2.45, 2.75) is 12.5 Å². The van der Waals surface area contributed by atoms with Crippen molar-refractivity contribution in [2.75, 3.05) is 0 Å². The lowest BCUT2D eigenvalue weighted by Gasteiger charge is -2.16. The monoisotopic (exact) mass is 320 g/mol. The zero-order chi connectivity index (χ0) is 14.8. The average Bonchev–Trinajstić information content (AvgIpc) is 2.93. The third kappa shape index (κ3) is 2.78. The average molecular weight is 321 g/mol. The van der Waals surface area contributed by atoms with Gasteiger partial charge in [0.25, 0.3) is 0 Å². The highest BCUT2D eigenvalue weighted by molar-refractivity contribution is 6.42. The second-order valence-corrected chi connectivity index (χ2v) is 5.61. The molecule has 3 aromatic rings. The van der Waals surface area contributed by atoms with Crippen LogP contribution in [0.5, 0.6) is 0 Å². The molecular weight excluding hydrogens is 307 g/mol. The van der Waals surface area contributed by atoms with Crippen LogP contribution in [0.3, 0.4) is 0 Å². The number of hydrogen-bond donors (Lipinski definition) is 2. The van der Waals surface area contributed by atoms with E-state index in [1.807, 2.05) is 36.4 Å². The van der Waals surface area contributed by atoms with Gasteiger partial charge in [-0.1, -0.05) is 53.5 Å². The van der Waals surface area contributed by atoms with Crippen molar-refractivity contribution in [2.24, 2.45) is 5.84 Å². The molecule has 0 saturated carbocycles. The van der Waals surface area contributed by atoms with E-state index in [9.17, 15) is 0 Å². The Kier molecular flexibility index (Phi) is 4.17. The molecule has 1 atom stereocenters. The molecule has 108 valence electrons. The van der Waals surface area contributed by atoms with Gasteiger partial charge in [-0.2, -0.15) is 0 Å². The number of rotatable bonds is 4. The summed E-state index contributed by atoms with van der Waals surface area (Å²) in [6.07, 6.45) is 2.35. The minimum absolute atomic E-state index is 0.107. The number of hydrazine groups is 1. The maximum atomic E-state index is 6.25. The first-order valence-corrected chi connectivity index (χ1v) is 7.31. The summed E-state index contributed by atoms with van der Waals surface area (Å²) < 4.78 is 5.57. The van der Waals surface area contributed by atoms with Crippen molar-refractivity contribution in [1.82, 2.24) is 5.43 Å². The van der Waals surface area contributed by atoms with Gasteiger partial charge in [0.1, 0.15) is 5.58 Å². The zero-order valence-corrected chi connectivity index (χ0v) is 12.7. The molecule has 5 heteroatoms. The van der Waals surface area contributed by atoms with Crippen molar-refractivity contribution in [3.63, 3.8) is 0 Å². The first-order valence-electron chi connectivity index (χ1n) is 6.56. The van der Waals surface area contributed by atoms with Gasteiger partial charge in [-0.15, -0.1) is 0 Å². The minimum atomic E-state index is -0.107. The minimum Gasteiger partial charge on any atom is -0.464 e. The number of nitrogens with two attached hydrogens (primary N) is 1. The van der Waals surface area contributed by atoms with Gasteiger partial charge in [-0.3, -0.25) is 11.3 Å². The normalized spacial score (nSPS) is 12.7. The van der Waals surface area contributed by atoms with Crippen molar-refractivity contribution >= 4 is 34.2 Å². The van der Waals surface area contributed by atoms with Crippen LogP contribution in [0.15, 0.2) is 53.1 Å². The summed E-state index contributed by atoms with van der Waals surface area (Å²) in [7, 11) is 0. The van der Waals surface area contributed by atoms with Crippen molar-refractivity contribution in [3.05, 3.63) is 69.9 Å².